The van der Waals surface area contributed by atoms with Crippen molar-refractivity contribution < 1.29 is 19.0 Å². The van der Waals surface area contributed by atoms with E-state index >= 15 is 0 Å². The van der Waals surface area contributed by atoms with Gasteiger partial charge in [-0.05, 0) is 85.6 Å². The quantitative estimate of drug-likeness (QED) is 0.316. The smallest absolute Gasteiger partial charge is 0.335 e. The van der Waals surface area contributed by atoms with E-state index in [-0.39, 0.29) is 18.0 Å². The van der Waals surface area contributed by atoms with Gasteiger partial charge in [0.1, 0.15) is 18.2 Å². The number of carboxylic acid groups (broad SMARTS) is 1. The lowest BCUT2D eigenvalue weighted by Crippen LogP contribution is -2.04. The second-order valence-electron chi connectivity index (χ2n) is 7.55. The molecule has 1 heterocycles. The standard InChI is InChI=1S/C26H21BrFNO3/c1-16-6-9-21(28)12-19(16)15-32-25-11-8-20(27)14-23(25)24-10-7-17(2)29(24)22-5-3-4-18(13-22)26(30)31/h3-14H,15H2,1-2H3,(H,30,31). The molecule has 0 spiro atoms. The van der Waals surface area contributed by atoms with Crippen molar-refractivity contribution >= 4 is 21.9 Å². The van der Waals surface area contributed by atoms with Gasteiger partial charge in [0.2, 0.25) is 0 Å². The van der Waals surface area contributed by atoms with E-state index in [0.29, 0.717) is 5.75 Å². The van der Waals surface area contributed by atoms with Gasteiger partial charge in [0.15, 0.2) is 0 Å². The number of aromatic nitrogens is 1. The third kappa shape index (κ3) is 4.46. The van der Waals surface area contributed by atoms with Gasteiger partial charge in [-0.1, -0.05) is 28.1 Å². The lowest BCUT2D eigenvalue weighted by Gasteiger charge is -2.17. The highest BCUT2D eigenvalue weighted by molar-refractivity contribution is 9.10. The van der Waals surface area contributed by atoms with Gasteiger partial charge in [-0.2, -0.15) is 0 Å². The monoisotopic (exact) mass is 493 g/mol. The number of rotatable bonds is 6. The molecule has 6 heteroatoms. The molecule has 0 atom stereocenters. The lowest BCUT2D eigenvalue weighted by molar-refractivity contribution is 0.0697. The Morgan fingerprint density at radius 2 is 1.84 bits per heavy atom. The Balaban J connectivity index is 1.77. The van der Waals surface area contributed by atoms with Crippen molar-refractivity contribution in [2.45, 2.75) is 20.5 Å². The number of halogens is 2. The normalized spacial score (nSPS) is 10.9. The van der Waals surface area contributed by atoms with Gasteiger partial charge in [-0.3, -0.25) is 0 Å². The topological polar surface area (TPSA) is 51.5 Å². The molecule has 4 rings (SSSR count). The molecule has 0 amide bonds. The molecule has 4 nitrogen and oxygen atoms in total. The van der Waals surface area contributed by atoms with Crippen LogP contribution in [0.4, 0.5) is 4.39 Å². The van der Waals surface area contributed by atoms with E-state index in [4.69, 9.17) is 4.74 Å². The summed E-state index contributed by atoms with van der Waals surface area (Å²) in [5, 5.41) is 9.40. The molecule has 0 radical (unpaired) electrons. The fraction of sp³-hybridized carbons (Fsp3) is 0.115. The highest BCUT2D eigenvalue weighted by Crippen LogP contribution is 2.36. The van der Waals surface area contributed by atoms with Crippen molar-refractivity contribution in [3.05, 3.63) is 105 Å². The van der Waals surface area contributed by atoms with Gasteiger partial charge >= 0.3 is 5.97 Å². The van der Waals surface area contributed by atoms with E-state index in [1.54, 1.807) is 24.3 Å². The fourth-order valence-corrected chi connectivity index (χ4v) is 4.01. The number of nitrogens with zero attached hydrogens (tertiary/aromatic N) is 1. The van der Waals surface area contributed by atoms with Gasteiger partial charge < -0.3 is 14.4 Å². The fourth-order valence-electron chi connectivity index (χ4n) is 3.65. The molecule has 1 aromatic heterocycles. The first kappa shape index (κ1) is 21.8. The first-order valence-electron chi connectivity index (χ1n) is 10.0. The largest absolute Gasteiger partial charge is 0.488 e. The van der Waals surface area contributed by atoms with E-state index < -0.39 is 5.97 Å². The zero-order chi connectivity index (χ0) is 22.8. The van der Waals surface area contributed by atoms with Gasteiger partial charge in [0.05, 0.1) is 11.3 Å². The van der Waals surface area contributed by atoms with Crippen LogP contribution in [0.5, 0.6) is 5.75 Å². The summed E-state index contributed by atoms with van der Waals surface area (Å²) >= 11 is 3.54. The molecule has 0 aliphatic carbocycles. The van der Waals surface area contributed by atoms with Crippen LogP contribution < -0.4 is 4.74 Å². The summed E-state index contributed by atoms with van der Waals surface area (Å²) in [4.78, 5) is 11.5. The molecule has 0 bridgehead atoms. The Kier molecular flexibility index (Phi) is 6.15. The second-order valence-corrected chi connectivity index (χ2v) is 8.47. The van der Waals surface area contributed by atoms with Gasteiger partial charge in [-0.15, -0.1) is 0 Å². The predicted molar refractivity (Wildman–Crippen MR) is 126 cm³/mol. The molecule has 3 aromatic carbocycles. The third-order valence-corrected chi connectivity index (χ3v) is 5.83. The van der Waals surface area contributed by atoms with Crippen LogP contribution in [-0.4, -0.2) is 15.6 Å². The number of ether oxygens (including phenoxy) is 1. The number of benzene rings is 3. The molecule has 0 aliphatic rings. The molecular weight excluding hydrogens is 473 g/mol. The third-order valence-electron chi connectivity index (χ3n) is 5.34. The molecule has 4 aromatic rings. The minimum Gasteiger partial charge on any atom is -0.488 e. The van der Waals surface area contributed by atoms with Crippen molar-refractivity contribution in [3.63, 3.8) is 0 Å². The number of carboxylic acids is 1. The molecule has 1 N–H and O–H groups in total. The highest BCUT2D eigenvalue weighted by Gasteiger charge is 2.16. The maximum absolute atomic E-state index is 13.7. The van der Waals surface area contributed by atoms with Crippen molar-refractivity contribution in [1.29, 1.82) is 0 Å². The zero-order valence-corrected chi connectivity index (χ0v) is 19.2. The number of aromatic carboxylic acids is 1. The molecule has 32 heavy (non-hydrogen) atoms. The predicted octanol–water partition coefficient (Wildman–Crippen LogP) is 6.94. The average Bonchev–Trinajstić information content (AvgIpc) is 3.16. The van der Waals surface area contributed by atoms with Gasteiger partial charge in [0, 0.05) is 21.4 Å². The molecule has 0 aliphatic heterocycles. The Bertz CT molecular complexity index is 1310. The summed E-state index contributed by atoms with van der Waals surface area (Å²) < 4.78 is 22.7. The van der Waals surface area contributed by atoms with Crippen molar-refractivity contribution in [2.24, 2.45) is 0 Å². The maximum Gasteiger partial charge on any atom is 0.335 e. The number of aryl methyl sites for hydroxylation is 2. The SMILES string of the molecule is Cc1ccc(F)cc1COc1ccc(Br)cc1-c1ccc(C)n1-c1cccc(C(=O)O)c1. The van der Waals surface area contributed by atoms with Crippen LogP contribution in [0.2, 0.25) is 0 Å². The minimum atomic E-state index is -0.977. The van der Waals surface area contributed by atoms with E-state index in [9.17, 15) is 14.3 Å². The Labute approximate surface area is 194 Å². The molecule has 0 fully saturated rings. The van der Waals surface area contributed by atoms with Crippen LogP contribution in [0.3, 0.4) is 0 Å². The maximum atomic E-state index is 13.7. The Morgan fingerprint density at radius 3 is 2.62 bits per heavy atom. The van der Waals surface area contributed by atoms with Crippen LogP contribution in [0, 0.1) is 19.7 Å². The van der Waals surface area contributed by atoms with Crippen LogP contribution >= 0.6 is 15.9 Å². The first-order chi connectivity index (χ1) is 15.3. The van der Waals surface area contributed by atoms with Crippen LogP contribution in [0.1, 0.15) is 27.2 Å². The van der Waals surface area contributed by atoms with Gasteiger partial charge in [-0.25, -0.2) is 9.18 Å². The second kappa shape index (κ2) is 9.01. The molecule has 0 saturated heterocycles. The molecule has 0 unspecified atom stereocenters. The molecule has 162 valence electrons. The van der Waals surface area contributed by atoms with E-state index in [1.807, 2.05) is 54.8 Å². The number of hydrogen-bond donors (Lipinski definition) is 1. The molecule has 0 saturated carbocycles. The summed E-state index contributed by atoms with van der Waals surface area (Å²) in [5.74, 6) is -0.631. The summed E-state index contributed by atoms with van der Waals surface area (Å²) in [5.41, 5.74) is 5.34. The summed E-state index contributed by atoms with van der Waals surface area (Å²) in [7, 11) is 0. The van der Waals surface area contributed by atoms with Crippen molar-refractivity contribution in [3.8, 4) is 22.7 Å². The lowest BCUT2D eigenvalue weighted by atomic mass is 10.1. The highest BCUT2D eigenvalue weighted by atomic mass is 79.9. The van der Waals surface area contributed by atoms with E-state index in [0.717, 1.165) is 38.2 Å². The Hall–Kier alpha value is -3.38. The first-order valence-corrected chi connectivity index (χ1v) is 10.8. The van der Waals surface area contributed by atoms with Crippen LogP contribution in [0.15, 0.2) is 77.3 Å². The van der Waals surface area contributed by atoms with Gasteiger partial charge in [0.25, 0.3) is 0 Å². The zero-order valence-electron chi connectivity index (χ0n) is 17.6. The minimum absolute atomic E-state index is 0.217. The van der Waals surface area contributed by atoms with E-state index in [2.05, 4.69) is 15.9 Å². The van der Waals surface area contributed by atoms with Crippen molar-refractivity contribution in [2.75, 3.05) is 0 Å². The van der Waals surface area contributed by atoms with Crippen LogP contribution in [0.25, 0.3) is 16.9 Å². The van der Waals surface area contributed by atoms with Crippen molar-refractivity contribution in [1.82, 2.24) is 4.57 Å². The summed E-state index contributed by atoms with van der Waals surface area (Å²) in [6, 6.07) is 21.1. The van der Waals surface area contributed by atoms with E-state index in [1.165, 1.54) is 12.1 Å². The number of carbonyl (C=O) groups is 1. The average molecular weight is 494 g/mol. The number of hydrogen-bond acceptors (Lipinski definition) is 2. The Morgan fingerprint density at radius 1 is 1.03 bits per heavy atom. The molecular formula is C26H21BrFNO3. The summed E-state index contributed by atoms with van der Waals surface area (Å²) in [6.07, 6.45) is 0. The van der Waals surface area contributed by atoms with Crippen LogP contribution in [-0.2, 0) is 6.61 Å². The summed E-state index contributed by atoms with van der Waals surface area (Å²) in [6.45, 7) is 4.11.